The smallest absolute Gasteiger partial charge is 0.315 e. The molecule has 1 fully saturated rings. The van der Waals surface area contributed by atoms with Gasteiger partial charge in [0, 0.05) is 20.6 Å². The Balaban J connectivity index is 1.67. The van der Waals surface area contributed by atoms with E-state index in [1.54, 1.807) is 30.3 Å². The number of amides is 2. The molecule has 1 aliphatic rings. The normalized spacial score (nSPS) is 14.3. The minimum absolute atomic E-state index is 0.0401. The predicted molar refractivity (Wildman–Crippen MR) is 136 cm³/mol. The highest BCUT2D eigenvalue weighted by Crippen LogP contribution is 2.40. The lowest BCUT2D eigenvalue weighted by atomic mass is 10.1. The zero-order valence-corrected chi connectivity index (χ0v) is 21.3. The molecule has 0 aromatic heterocycles. The first-order chi connectivity index (χ1) is 16.8. The lowest BCUT2D eigenvalue weighted by Gasteiger charge is -2.14. The number of nitro benzene ring substituents is 1. The number of benzene rings is 3. The summed E-state index contributed by atoms with van der Waals surface area (Å²) >= 11 is 6.81. The third-order valence-corrected chi connectivity index (χ3v) is 6.31. The molecule has 0 radical (unpaired) electrons. The standard InChI is InChI=1S/C24H17Br2N3O6/c1-34-21-11-14(9-18-23(30)27-28(24(18)31)17-5-3-2-4-6-17)10-20(29(32)33)22(21)35-13-15-7-8-16(25)12-19(15)26/h2-12H,13H2,1H3,(H,27,30)/b18-9-. The lowest BCUT2D eigenvalue weighted by molar-refractivity contribution is -0.386. The first-order valence-corrected chi connectivity index (χ1v) is 11.7. The van der Waals surface area contributed by atoms with Gasteiger partial charge < -0.3 is 9.47 Å². The average molecular weight is 603 g/mol. The van der Waals surface area contributed by atoms with Gasteiger partial charge in [0.2, 0.25) is 5.75 Å². The van der Waals surface area contributed by atoms with Gasteiger partial charge in [-0.05, 0) is 42.0 Å². The van der Waals surface area contributed by atoms with Crippen molar-refractivity contribution in [3.8, 4) is 11.5 Å². The van der Waals surface area contributed by atoms with Crippen LogP contribution in [0, 0.1) is 10.1 Å². The van der Waals surface area contributed by atoms with E-state index in [1.165, 1.54) is 25.3 Å². The van der Waals surface area contributed by atoms with Gasteiger partial charge in [-0.15, -0.1) is 0 Å². The summed E-state index contributed by atoms with van der Waals surface area (Å²) in [6.45, 7) is 0.0401. The van der Waals surface area contributed by atoms with Crippen LogP contribution >= 0.6 is 31.9 Å². The predicted octanol–water partition coefficient (Wildman–Crippen LogP) is 5.17. The van der Waals surface area contributed by atoms with Crippen LogP contribution < -0.4 is 19.9 Å². The second-order valence-electron chi connectivity index (χ2n) is 7.33. The number of nitro groups is 1. The van der Waals surface area contributed by atoms with Gasteiger partial charge in [0.15, 0.2) is 5.75 Å². The Labute approximate surface area is 216 Å². The zero-order valence-electron chi connectivity index (χ0n) is 18.2. The first kappa shape index (κ1) is 24.4. The van der Waals surface area contributed by atoms with Crippen molar-refractivity contribution in [2.24, 2.45) is 0 Å². The van der Waals surface area contributed by atoms with Gasteiger partial charge in [0.1, 0.15) is 12.2 Å². The molecule has 0 saturated carbocycles. The molecule has 2 amide bonds. The number of hydrogen-bond acceptors (Lipinski definition) is 6. The number of hydrazine groups is 1. The minimum atomic E-state index is -0.624. The van der Waals surface area contributed by atoms with E-state index in [2.05, 4.69) is 37.3 Å². The molecule has 178 valence electrons. The topological polar surface area (TPSA) is 111 Å². The van der Waals surface area contributed by atoms with Crippen molar-refractivity contribution in [3.63, 3.8) is 0 Å². The molecule has 35 heavy (non-hydrogen) atoms. The highest BCUT2D eigenvalue weighted by Gasteiger charge is 2.34. The molecule has 1 saturated heterocycles. The van der Waals surface area contributed by atoms with Gasteiger partial charge >= 0.3 is 5.69 Å². The molecule has 4 rings (SSSR count). The zero-order chi connectivity index (χ0) is 25.1. The molecule has 0 aliphatic carbocycles. The maximum Gasteiger partial charge on any atom is 0.315 e. The van der Waals surface area contributed by atoms with Crippen molar-refractivity contribution in [2.75, 3.05) is 12.1 Å². The number of carbonyl (C=O) groups excluding carboxylic acids is 2. The summed E-state index contributed by atoms with van der Waals surface area (Å²) in [6, 6.07) is 16.8. The maximum atomic E-state index is 12.9. The fourth-order valence-corrected chi connectivity index (χ4v) is 4.56. The molecule has 3 aromatic rings. The minimum Gasteiger partial charge on any atom is -0.493 e. The van der Waals surface area contributed by atoms with E-state index in [0.717, 1.165) is 19.5 Å². The van der Waals surface area contributed by atoms with Crippen LogP contribution in [0.15, 0.2) is 75.2 Å². The number of carbonyl (C=O) groups is 2. The van der Waals surface area contributed by atoms with Crippen molar-refractivity contribution in [1.82, 2.24) is 5.43 Å². The number of anilines is 1. The molecular formula is C24H17Br2N3O6. The Morgan fingerprint density at radius 3 is 2.49 bits per heavy atom. The van der Waals surface area contributed by atoms with Gasteiger partial charge in [-0.1, -0.05) is 56.1 Å². The molecule has 0 bridgehead atoms. The summed E-state index contributed by atoms with van der Waals surface area (Å²) in [6.07, 6.45) is 1.28. The van der Waals surface area contributed by atoms with E-state index in [4.69, 9.17) is 9.47 Å². The number of methoxy groups -OCH3 is 1. The Bertz CT molecular complexity index is 1360. The lowest BCUT2D eigenvalue weighted by Crippen LogP contribution is -2.35. The highest BCUT2D eigenvalue weighted by atomic mass is 79.9. The number of nitrogens with zero attached hydrogens (tertiary/aromatic N) is 2. The quantitative estimate of drug-likeness (QED) is 0.173. The molecule has 1 N–H and O–H groups in total. The van der Waals surface area contributed by atoms with Gasteiger partial charge in [-0.3, -0.25) is 25.1 Å². The van der Waals surface area contributed by atoms with Gasteiger partial charge in [-0.2, -0.15) is 0 Å². The third kappa shape index (κ3) is 5.20. The Hall–Kier alpha value is -3.70. The first-order valence-electron chi connectivity index (χ1n) is 10.1. The van der Waals surface area contributed by atoms with Gasteiger partial charge in [0.05, 0.1) is 17.7 Å². The van der Waals surface area contributed by atoms with Crippen LogP contribution in [0.2, 0.25) is 0 Å². The molecule has 0 spiro atoms. The Kier molecular flexibility index (Phi) is 7.17. The molecule has 1 aliphatic heterocycles. The fraction of sp³-hybridized carbons (Fsp3) is 0.0833. The molecule has 0 unspecified atom stereocenters. The second-order valence-corrected chi connectivity index (χ2v) is 9.10. The van der Waals surface area contributed by atoms with E-state index in [1.807, 2.05) is 18.2 Å². The van der Waals surface area contributed by atoms with Crippen LogP contribution in [0.25, 0.3) is 6.08 Å². The summed E-state index contributed by atoms with van der Waals surface area (Å²) in [4.78, 5) is 36.6. The van der Waals surface area contributed by atoms with E-state index in [0.29, 0.717) is 5.69 Å². The number of hydrogen-bond donors (Lipinski definition) is 1. The van der Waals surface area contributed by atoms with Crippen molar-refractivity contribution < 1.29 is 24.0 Å². The molecule has 0 atom stereocenters. The van der Waals surface area contributed by atoms with Gasteiger partial charge in [-0.25, -0.2) is 5.01 Å². The number of rotatable bonds is 7. The highest BCUT2D eigenvalue weighted by molar-refractivity contribution is 9.11. The van der Waals surface area contributed by atoms with Crippen molar-refractivity contribution in [2.45, 2.75) is 6.61 Å². The summed E-state index contributed by atoms with van der Waals surface area (Å²) in [5, 5.41) is 13.0. The summed E-state index contributed by atoms with van der Waals surface area (Å²) in [7, 11) is 1.35. The summed E-state index contributed by atoms with van der Waals surface area (Å²) < 4.78 is 12.8. The van der Waals surface area contributed by atoms with Crippen molar-refractivity contribution >= 4 is 61.1 Å². The monoisotopic (exact) mass is 601 g/mol. The van der Waals surface area contributed by atoms with Crippen LogP contribution in [0.5, 0.6) is 11.5 Å². The molecule has 9 nitrogen and oxygen atoms in total. The van der Waals surface area contributed by atoms with E-state index in [-0.39, 0.29) is 34.9 Å². The number of ether oxygens (including phenoxy) is 2. The number of para-hydroxylation sites is 1. The Morgan fingerprint density at radius 2 is 1.83 bits per heavy atom. The van der Waals surface area contributed by atoms with Crippen LogP contribution in [0.4, 0.5) is 11.4 Å². The fourth-order valence-electron chi connectivity index (χ4n) is 3.40. The molecule has 11 heteroatoms. The van der Waals surface area contributed by atoms with E-state index >= 15 is 0 Å². The van der Waals surface area contributed by atoms with Crippen LogP contribution in [0.1, 0.15) is 11.1 Å². The van der Waals surface area contributed by atoms with E-state index < -0.39 is 16.7 Å². The van der Waals surface area contributed by atoms with Crippen LogP contribution in [-0.2, 0) is 16.2 Å². The Morgan fingerprint density at radius 1 is 1.09 bits per heavy atom. The van der Waals surface area contributed by atoms with Crippen LogP contribution in [-0.4, -0.2) is 23.8 Å². The van der Waals surface area contributed by atoms with E-state index in [9.17, 15) is 19.7 Å². The summed E-state index contributed by atoms with van der Waals surface area (Å²) in [5.41, 5.74) is 3.45. The third-order valence-electron chi connectivity index (χ3n) is 5.08. The second kappa shape index (κ2) is 10.3. The number of halogens is 2. The van der Waals surface area contributed by atoms with Crippen molar-refractivity contribution in [1.29, 1.82) is 0 Å². The largest absolute Gasteiger partial charge is 0.493 e. The SMILES string of the molecule is COc1cc(/C=C2/C(=O)NN(c3ccccc3)C2=O)cc([N+](=O)[O-])c1OCc1ccc(Br)cc1Br. The summed E-state index contributed by atoms with van der Waals surface area (Å²) in [5.74, 6) is -1.18. The average Bonchev–Trinajstić information content (AvgIpc) is 3.12. The molecule has 3 aromatic carbocycles. The number of nitrogens with one attached hydrogen (secondary N) is 1. The molecule has 1 heterocycles. The van der Waals surface area contributed by atoms with Crippen LogP contribution in [0.3, 0.4) is 0 Å². The maximum absolute atomic E-state index is 12.9. The van der Waals surface area contributed by atoms with Gasteiger partial charge in [0.25, 0.3) is 11.8 Å². The molecular weight excluding hydrogens is 586 g/mol. The van der Waals surface area contributed by atoms with Crippen molar-refractivity contribution in [3.05, 3.63) is 96.4 Å².